The lowest BCUT2D eigenvalue weighted by Crippen LogP contribution is -3.09. The highest BCUT2D eigenvalue weighted by Gasteiger charge is 2.16. The van der Waals surface area contributed by atoms with Crippen LogP contribution in [0.4, 0.5) is 4.39 Å². The summed E-state index contributed by atoms with van der Waals surface area (Å²) in [5.41, 5.74) is 1.48. The molecule has 0 amide bonds. The van der Waals surface area contributed by atoms with Crippen LogP contribution < -0.4 is 10.5 Å². The largest absolute Gasteiger partial charge is 0.324 e. The highest BCUT2D eigenvalue weighted by atomic mass is 32.1. The van der Waals surface area contributed by atoms with Gasteiger partial charge in [-0.05, 0) is 36.1 Å². The van der Waals surface area contributed by atoms with Crippen LogP contribution >= 0.6 is 22.7 Å². The topological polar surface area (TPSA) is 50.2 Å². The standard InChI is InChI=1S/C20H18FN3OS2/c1-2-24(10-15-4-3-9-26-15)11-17-22-19(25)18-16(12-27-20(18)23-17)13-5-7-14(21)8-6-13/h3-9,12H,2,10-11H2,1H3,(H,22,23,25)/p+1. The van der Waals surface area contributed by atoms with E-state index in [0.29, 0.717) is 17.8 Å². The Morgan fingerprint density at radius 2 is 1.96 bits per heavy atom. The van der Waals surface area contributed by atoms with Gasteiger partial charge in [-0.25, -0.2) is 9.37 Å². The van der Waals surface area contributed by atoms with Crippen LogP contribution in [0, 0.1) is 5.82 Å². The molecule has 0 aliphatic rings. The third-order valence-electron chi connectivity index (χ3n) is 4.57. The highest BCUT2D eigenvalue weighted by molar-refractivity contribution is 7.17. The Kier molecular flexibility index (Phi) is 5.15. The van der Waals surface area contributed by atoms with E-state index in [1.54, 1.807) is 23.5 Å². The highest BCUT2D eigenvalue weighted by Crippen LogP contribution is 2.30. The lowest BCUT2D eigenvalue weighted by atomic mass is 10.1. The summed E-state index contributed by atoms with van der Waals surface area (Å²) < 4.78 is 13.2. The van der Waals surface area contributed by atoms with Crippen LogP contribution in [0.3, 0.4) is 0 Å². The van der Waals surface area contributed by atoms with Gasteiger partial charge in [0.1, 0.15) is 23.7 Å². The van der Waals surface area contributed by atoms with Gasteiger partial charge in [-0.3, -0.25) is 4.79 Å². The van der Waals surface area contributed by atoms with Gasteiger partial charge in [0.2, 0.25) is 0 Å². The Balaban J connectivity index is 1.64. The molecular weight excluding hydrogens is 381 g/mol. The summed E-state index contributed by atoms with van der Waals surface area (Å²) in [6.45, 7) is 4.67. The number of hydrogen-bond acceptors (Lipinski definition) is 4. The van der Waals surface area contributed by atoms with Crippen molar-refractivity contribution in [3.63, 3.8) is 0 Å². The maximum Gasteiger partial charge on any atom is 0.260 e. The minimum absolute atomic E-state index is 0.137. The van der Waals surface area contributed by atoms with Crippen molar-refractivity contribution >= 4 is 32.9 Å². The van der Waals surface area contributed by atoms with Crippen molar-refractivity contribution in [1.82, 2.24) is 9.97 Å². The summed E-state index contributed by atoms with van der Waals surface area (Å²) in [5, 5.41) is 4.57. The smallest absolute Gasteiger partial charge is 0.260 e. The fraction of sp³-hybridized carbons (Fsp3) is 0.200. The van der Waals surface area contributed by atoms with E-state index in [1.807, 2.05) is 5.38 Å². The van der Waals surface area contributed by atoms with Crippen LogP contribution in [-0.2, 0) is 13.1 Å². The summed E-state index contributed by atoms with van der Waals surface area (Å²) in [6, 6.07) is 10.4. The van der Waals surface area contributed by atoms with Crippen molar-refractivity contribution in [2.75, 3.05) is 6.54 Å². The number of aromatic nitrogens is 2. The van der Waals surface area contributed by atoms with Crippen LogP contribution in [0.2, 0.25) is 0 Å². The number of nitrogens with zero attached hydrogens (tertiary/aromatic N) is 1. The molecule has 7 heteroatoms. The third-order valence-corrected chi connectivity index (χ3v) is 6.32. The SMILES string of the molecule is CC[NH+](Cc1nc2scc(-c3ccc(F)cc3)c2c(=O)[nH]1)Cc1cccs1. The van der Waals surface area contributed by atoms with Crippen LogP contribution in [0.1, 0.15) is 17.6 Å². The Morgan fingerprint density at radius 3 is 2.67 bits per heavy atom. The molecule has 138 valence electrons. The van der Waals surface area contributed by atoms with Gasteiger partial charge in [-0.2, -0.15) is 0 Å². The van der Waals surface area contributed by atoms with E-state index >= 15 is 0 Å². The van der Waals surface area contributed by atoms with Crippen molar-refractivity contribution in [3.05, 3.63) is 74.0 Å². The monoisotopic (exact) mass is 400 g/mol. The van der Waals surface area contributed by atoms with Crippen molar-refractivity contribution in [1.29, 1.82) is 0 Å². The molecule has 2 N–H and O–H groups in total. The number of rotatable bonds is 6. The second kappa shape index (κ2) is 7.72. The fourth-order valence-corrected chi connectivity index (χ4v) is 4.87. The van der Waals surface area contributed by atoms with E-state index < -0.39 is 0 Å². The zero-order valence-electron chi connectivity index (χ0n) is 14.8. The molecule has 0 fully saturated rings. The number of hydrogen-bond donors (Lipinski definition) is 2. The summed E-state index contributed by atoms with van der Waals surface area (Å²) in [6.07, 6.45) is 0. The molecule has 0 radical (unpaired) electrons. The molecule has 0 aliphatic carbocycles. The quantitative estimate of drug-likeness (QED) is 0.521. The first-order valence-electron chi connectivity index (χ1n) is 8.76. The van der Waals surface area contributed by atoms with Crippen LogP contribution in [-0.4, -0.2) is 16.5 Å². The first-order valence-corrected chi connectivity index (χ1v) is 10.5. The van der Waals surface area contributed by atoms with Gasteiger partial charge in [0.25, 0.3) is 5.56 Å². The number of nitrogens with one attached hydrogen (secondary N) is 2. The van der Waals surface area contributed by atoms with Crippen molar-refractivity contribution < 1.29 is 9.29 Å². The van der Waals surface area contributed by atoms with Crippen molar-refractivity contribution in [2.45, 2.75) is 20.0 Å². The van der Waals surface area contributed by atoms with Gasteiger partial charge in [0.05, 0.1) is 16.8 Å². The summed E-state index contributed by atoms with van der Waals surface area (Å²) in [4.78, 5) is 23.8. The Bertz CT molecular complexity index is 1100. The zero-order chi connectivity index (χ0) is 18.8. The molecule has 0 bridgehead atoms. The Morgan fingerprint density at radius 1 is 1.15 bits per heavy atom. The van der Waals surface area contributed by atoms with E-state index in [2.05, 4.69) is 34.4 Å². The number of thiophene rings is 2. The average Bonchev–Trinajstić information content (AvgIpc) is 3.32. The molecule has 4 aromatic rings. The molecule has 0 saturated heterocycles. The molecule has 1 unspecified atom stereocenters. The van der Waals surface area contributed by atoms with Crippen molar-refractivity contribution in [2.24, 2.45) is 0 Å². The maximum atomic E-state index is 13.2. The minimum Gasteiger partial charge on any atom is -0.324 e. The van der Waals surface area contributed by atoms with E-state index in [4.69, 9.17) is 0 Å². The molecule has 0 aliphatic heterocycles. The number of benzene rings is 1. The molecule has 4 nitrogen and oxygen atoms in total. The first-order chi connectivity index (χ1) is 13.1. The van der Waals surface area contributed by atoms with Crippen LogP contribution in [0.15, 0.2) is 52.0 Å². The predicted molar refractivity (Wildman–Crippen MR) is 109 cm³/mol. The number of fused-ring (bicyclic) bond motifs is 1. The van der Waals surface area contributed by atoms with Gasteiger partial charge in [0, 0.05) is 10.9 Å². The third kappa shape index (κ3) is 3.85. The molecule has 4 rings (SSSR count). The molecule has 1 aromatic carbocycles. The maximum absolute atomic E-state index is 13.2. The summed E-state index contributed by atoms with van der Waals surface area (Å²) >= 11 is 3.20. The molecule has 27 heavy (non-hydrogen) atoms. The lowest BCUT2D eigenvalue weighted by molar-refractivity contribution is -0.926. The number of halogens is 1. The lowest BCUT2D eigenvalue weighted by Gasteiger charge is -2.16. The number of aromatic amines is 1. The summed E-state index contributed by atoms with van der Waals surface area (Å²) in [7, 11) is 0. The molecule has 3 aromatic heterocycles. The fourth-order valence-electron chi connectivity index (χ4n) is 3.13. The van der Waals surface area contributed by atoms with Gasteiger partial charge >= 0.3 is 0 Å². The second-order valence-corrected chi connectivity index (χ2v) is 8.28. The van der Waals surface area contributed by atoms with E-state index in [-0.39, 0.29) is 11.4 Å². The van der Waals surface area contributed by atoms with E-state index in [0.717, 1.165) is 29.0 Å². The normalized spacial score (nSPS) is 12.5. The molecule has 0 spiro atoms. The average molecular weight is 401 g/mol. The van der Waals surface area contributed by atoms with Crippen LogP contribution in [0.5, 0.6) is 0 Å². The number of H-pyrrole nitrogens is 1. The van der Waals surface area contributed by atoms with Gasteiger partial charge in [-0.1, -0.05) is 18.2 Å². The van der Waals surface area contributed by atoms with Gasteiger partial charge in [-0.15, -0.1) is 22.7 Å². The minimum atomic E-state index is -0.291. The van der Waals surface area contributed by atoms with Gasteiger partial charge < -0.3 is 9.88 Å². The van der Waals surface area contributed by atoms with E-state index in [9.17, 15) is 9.18 Å². The summed E-state index contributed by atoms with van der Waals surface area (Å²) in [5.74, 6) is 0.411. The Hall–Kier alpha value is -2.35. The molecular formula is C20H19FN3OS2+. The van der Waals surface area contributed by atoms with Crippen molar-refractivity contribution in [3.8, 4) is 11.1 Å². The molecule has 1 atom stereocenters. The zero-order valence-corrected chi connectivity index (χ0v) is 16.4. The number of quaternary nitrogens is 1. The first kappa shape index (κ1) is 18.0. The molecule has 3 heterocycles. The predicted octanol–water partition coefficient (Wildman–Crippen LogP) is 3.46. The second-order valence-electron chi connectivity index (χ2n) is 6.39. The molecule has 0 saturated carbocycles. The Labute approximate surface area is 163 Å². The van der Waals surface area contributed by atoms with Crippen LogP contribution in [0.25, 0.3) is 21.3 Å². The van der Waals surface area contributed by atoms with E-state index in [1.165, 1.54) is 33.2 Å². The van der Waals surface area contributed by atoms with Gasteiger partial charge in [0.15, 0.2) is 5.82 Å².